The highest BCUT2D eigenvalue weighted by Crippen LogP contribution is 2.32. The number of methoxy groups -OCH3 is 1. The molecular weight excluding hydrogens is 226 g/mol. The van der Waals surface area contributed by atoms with Gasteiger partial charge in [-0.2, -0.15) is 0 Å². The minimum absolute atomic E-state index is 0.141. The molecule has 1 unspecified atom stereocenters. The van der Waals surface area contributed by atoms with Crippen LogP contribution in [-0.4, -0.2) is 31.0 Å². The van der Waals surface area contributed by atoms with Crippen molar-refractivity contribution in [2.75, 3.05) is 20.2 Å². The zero-order valence-corrected chi connectivity index (χ0v) is 11.4. The lowest BCUT2D eigenvalue weighted by Crippen LogP contribution is -2.30. The SMILES string of the molecule is CCC1CCN(CC)C(=O)c2cc(OC)ccc21. The summed E-state index contributed by atoms with van der Waals surface area (Å²) in [6.07, 6.45) is 2.12. The average molecular weight is 247 g/mol. The zero-order valence-electron chi connectivity index (χ0n) is 11.4. The number of nitrogens with zero attached hydrogens (tertiary/aromatic N) is 1. The molecule has 18 heavy (non-hydrogen) atoms. The first-order chi connectivity index (χ1) is 8.71. The topological polar surface area (TPSA) is 29.5 Å². The highest BCUT2D eigenvalue weighted by molar-refractivity contribution is 5.96. The molecule has 1 aliphatic rings. The van der Waals surface area contributed by atoms with Gasteiger partial charge in [-0.15, -0.1) is 0 Å². The van der Waals surface area contributed by atoms with Crippen LogP contribution in [0.15, 0.2) is 18.2 Å². The Balaban J connectivity index is 2.49. The molecule has 3 heteroatoms. The Morgan fingerprint density at radius 1 is 1.39 bits per heavy atom. The number of fused-ring (bicyclic) bond motifs is 1. The maximum absolute atomic E-state index is 12.5. The number of amides is 1. The van der Waals surface area contributed by atoms with Gasteiger partial charge in [0.15, 0.2) is 0 Å². The fourth-order valence-corrected chi connectivity index (χ4v) is 2.67. The Bertz CT molecular complexity index is 442. The highest BCUT2D eigenvalue weighted by Gasteiger charge is 2.26. The van der Waals surface area contributed by atoms with Crippen LogP contribution in [0.2, 0.25) is 0 Å². The van der Waals surface area contributed by atoms with Gasteiger partial charge in [-0.25, -0.2) is 0 Å². The Labute approximate surface area is 109 Å². The fraction of sp³-hybridized carbons (Fsp3) is 0.533. The summed E-state index contributed by atoms with van der Waals surface area (Å²) in [5, 5.41) is 0. The smallest absolute Gasteiger partial charge is 0.254 e. The number of carbonyl (C=O) groups excluding carboxylic acids is 1. The Kier molecular flexibility index (Phi) is 3.90. The molecular formula is C15H21NO2. The third kappa shape index (κ3) is 2.22. The predicted molar refractivity (Wildman–Crippen MR) is 72.2 cm³/mol. The van der Waals surface area contributed by atoms with Crippen LogP contribution >= 0.6 is 0 Å². The number of benzene rings is 1. The second-order valence-electron chi connectivity index (χ2n) is 4.73. The molecule has 1 aromatic rings. The first-order valence-electron chi connectivity index (χ1n) is 6.68. The van der Waals surface area contributed by atoms with E-state index in [1.165, 1.54) is 5.56 Å². The van der Waals surface area contributed by atoms with Crippen LogP contribution in [0, 0.1) is 0 Å². The van der Waals surface area contributed by atoms with E-state index in [-0.39, 0.29) is 5.91 Å². The van der Waals surface area contributed by atoms with Crippen molar-refractivity contribution in [2.45, 2.75) is 32.6 Å². The fourth-order valence-electron chi connectivity index (χ4n) is 2.67. The molecule has 3 nitrogen and oxygen atoms in total. The van der Waals surface area contributed by atoms with E-state index in [1.807, 2.05) is 24.0 Å². The molecule has 0 fully saturated rings. The van der Waals surface area contributed by atoms with Crippen LogP contribution in [0.25, 0.3) is 0 Å². The van der Waals surface area contributed by atoms with Crippen molar-refractivity contribution >= 4 is 5.91 Å². The molecule has 0 aliphatic carbocycles. The third-order valence-corrected chi connectivity index (χ3v) is 3.84. The van der Waals surface area contributed by atoms with Gasteiger partial charge < -0.3 is 9.64 Å². The number of rotatable bonds is 3. The molecule has 1 aliphatic heterocycles. The first kappa shape index (κ1) is 12.9. The molecule has 0 N–H and O–H groups in total. The molecule has 98 valence electrons. The van der Waals surface area contributed by atoms with Gasteiger partial charge in [0.05, 0.1) is 7.11 Å². The second kappa shape index (κ2) is 5.42. The summed E-state index contributed by atoms with van der Waals surface area (Å²) in [5.74, 6) is 1.38. The Morgan fingerprint density at radius 2 is 2.17 bits per heavy atom. The van der Waals surface area contributed by atoms with E-state index in [2.05, 4.69) is 13.0 Å². The van der Waals surface area contributed by atoms with Crippen molar-refractivity contribution in [3.63, 3.8) is 0 Å². The highest BCUT2D eigenvalue weighted by atomic mass is 16.5. The van der Waals surface area contributed by atoms with E-state index < -0.39 is 0 Å². The molecule has 1 atom stereocenters. The van der Waals surface area contributed by atoms with Crippen LogP contribution in [0.1, 0.15) is 48.5 Å². The van der Waals surface area contributed by atoms with Crippen LogP contribution in [0.4, 0.5) is 0 Å². The van der Waals surface area contributed by atoms with E-state index in [0.29, 0.717) is 5.92 Å². The van der Waals surface area contributed by atoms with Crippen molar-refractivity contribution in [2.24, 2.45) is 0 Å². The Hall–Kier alpha value is -1.51. The molecule has 0 spiro atoms. The molecule has 0 aromatic heterocycles. The van der Waals surface area contributed by atoms with Crippen LogP contribution in [0.5, 0.6) is 5.75 Å². The minimum Gasteiger partial charge on any atom is -0.497 e. The second-order valence-corrected chi connectivity index (χ2v) is 4.73. The number of hydrogen-bond donors (Lipinski definition) is 0. The predicted octanol–water partition coefficient (Wildman–Crippen LogP) is 3.05. The molecule has 0 radical (unpaired) electrons. The molecule has 1 amide bonds. The lowest BCUT2D eigenvalue weighted by molar-refractivity contribution is 0.0768. The Morgan fingerprint density at radius 3 is 2.78 bits per heavy atom. The number of ether oxygens (including phenoxy) is 1. The normalized spacial score (nSPS) is 19.4. The minimum atomic E-state index is 0.141. The summed E-state index contributed by atoms with van der Waals surface area (Å²) in [7, 11) is 1.64. The van der Waals surface area contributed by atoms with Crippen molar-refractivity contribution in [1.29, 1.82) is 0 Å². The first-order valence-corrected chi connectivity index (χ1v) is 6.68. The zero-order chi connectivity index (χ0) is 13.1. The lowest BCUT2D eigenvalue weighted by atomic mass is 9.90. The third-order valence-electron chi connectivity index (χ3n) is 3.84. The van der Waals surface area contributed by atoms with E-state index in [4.69, 9.17) is 4.74 Å². The quantitative estimate of drug-likeness (QED) is 0.821. The summed E-state index contributed by atoms with van der Waals surface area (Å²) < 4.78 is 5.24. The summed E-state index contributed by atoms with van der Waals surface area (Å²) in [4.78, 5) is 14.4. The van der Waals surface area contributed by atoms with Crippen molar-refractivity contribution in [1.82, 2.24) is 4.90 Å². The number of carbonyl (C=O) groups is 1. The van der Waals surface area contributed by atoms with Gasteiger partial charge in [0.2, 0.25) is 0 Å². The summed E-state index contributed by atoms with van der Waals surface area (Å²) in [5.41, 5.74) is 2.00. The number of hydrogen-bond acceptors (Lipinski definition) is 2. The standard InChI is InChI=1S/C15H21NO2/c1-4-11-8-9-16(5-2)15(17)14-10-12(18-3)6-7-13(11)14/h6-7,10-11H,4-5,8-9H2,1-3H3. The molecule has 1 aromatic carbocycles. The summed E-state index contributed by atoms with van der Waals surface area (Å²) in [6, 6.07) is 5.89. The largest absolute Gasteiger partial charge is 0.497 e. The van der Waals surface area contributed by atoms with E-state index in [0.717, 1.165) is 37.2 Å². The van der Waals surface area contributed by atoms with Crippen LogP contribution < -0.4 is 4.74 Å². The van der Waals surface area contributed by atoms with Crippen LogP contribution in [0.3, 0.4) is 0 Å². The molecule has 0 saturated carbocycles. The van der Waals surface area contributed by atoms with Gasteiger partial charge in [-0.05, 0) is 43.4 Å². The van der Waals surface area contributed by atoms with E-state index in [9.17, 15) is 4.79 Å². The summed E-state index contributed by atoms with van der Waals surface area (Å²) in [6.45, 7) is 5.84. The van der Waals surface area contributed by atoms with Gasteiger partial charge in [0.25, 0.3) is 5.91 Å². The van der Waals surface area contributed by atoms with Gasteiger partial charge in [0.1, 0.15) is 5.75 Å². The maximum Gasteiger partial charge on any atom is 0.254 e. The molecule has 2 rings (SSSR count). The summed E-state index contributed by atoms with van der Waals surface area (Å²) >= 11 is 0. The van der Waals surface area contributed by atoms with Crippen LogP contribution in [-0.2, 0) is 0 Å². The molecule has 0 saturated heterocycles. The van der Waals surface area contributed by atoms with Crippen molar-refractivity contribution < 1.29 is 9.53 Å². The van der Waals surface area contributed by atoms with Gasteiger partial charge in [0, 0.05) is 18.7 Å². The van der Waals surface area contributed by atoms with Crippen molar-refractivity contribution in [3.8, 4) is 5.75 Å². The average Bonchev–Trinajstić information content (AvgIpc) is 2.55. The van der Waals surface area contributed by atoms with E-state index >= 15 is 0 Å². The van der Waals surface area contributed by atoms with Crippen molar-refractivity contribution in [3.05, 3.63) is 29.3 Å². The monoisotopic (exact) mass is 247 g/mol. The maximum atomic E-state index is 12.5. The van der Waals surface area contributed by atoms with Gasteiger partial charge in [-0.3, -0.25) is 4.79 Å². The molecule has 1 heterocycles. The van der Waals surface area contributed by atoms with E-state index in [1.54, 1.807) is 7.11 Å². The van der Waals surface area contributed by atoms with Gasteiger partial charge >= 0.3 is 0 Å². The molecule has 0 bridgehead atoms. The lowest BCUT2D eigenvalue weighted by Gasteiger charge is -2.18. The van der Waals surface area contributed by atoms with Gasteiger partial charge in [-0.1, -0.05) is 13.0 Å².